The summed E-state index contributed by atoms with van der Waals surface area (Å²) >= 11 is 0. The van der Waals surface area contributed by atoms with Crippen molar-refractivity contribution in [3.05, 3.63) is 48.5 Å². The molecule has 1 N–H and O–H groups in total. The summed E-state index contributed by atoms with van der Waals surface area (Å²) in [6, 6.07) is 7.05. The molecule has 2 rings (SSSR count). The van der Waals surface area contributed by atoms with Gasteiger partial charge >= 0.3 is 0 Å². The number of ether oxygens (including phenoxy) is 1. The molecule has 0 aliphatic carbocycles. The molecule has 0 aliphatic rings. The molecule has 17 heavy (non-hydrogen) atoms. The van der Waals surface area contributed by atoms with E-state index in [0.717, 1.165) is 5.75 Å². The van der Waals surface area contributed by atoms with Gasteiger partial charge in [0.1, 0.15) is 11.4 Å². The Kier molecular flexibility index (Phi) is 3.30. The predicted octanol–water partition coefficient (Wildman–Crippen LogP) is 1.74. The van der Waals surface area contributed by atoms with Gasteiger partial charge in [0, 0.05) is 18.1 Å². The third-order valence-electron chi connectivity index (χ3n) is 2.14. The molecule has 2 aromatic rings. The van der Waals surface area contributed by atoms with Crippen molar-refractivity contribution in [2.24, 2.45) is 0 Å². The zero-order chi connectivity index (χ0) is 12.1. The Morgan fingerprint density at radius 3 is 2.59 bits per heavy atom. The molecule has 5 heteroatoms. The van der Waals surface area contributed by atoms with Crippen LogP contribution in [0.15, 0.2) is 42.9 Å². The summed E-state index contributed by atoms with van der Waals surface area (Å²) in [5.41, 5.74) is 0.963. The molecule has 0 saturated heterocycles. The maximum Gasteiger partial charge on any atom is 0.275 e. The van der Waals surface area contributed by atoms with Crippen LogP contribution in [0.3, 0.4) is 0 Å². The van der Waals surface area contributed by atoms with Crippen molar-refractivity contribution in [1.29, 1.82) is 0 Å². The molecule has 0 atom stereocenters. The van der Waals surface area contributed by atoms with Gasteiger partial charge in [0.2, 0.25) is 0 Å². The fourth-order valence-electron chi connectivity index (χ4n) is 1.29. The number of carbonyl (C=O) groups is 1. The monoisotopic (exact) mass is 229 g/mol. The zero-order valence-corrected chi connectivity index (χ0v) is 9.25. The van der Waals surface area contributed by atoms with Gasteiger partial charge in [-0.3, -0.25) is 9.78 Å². The Balaban J connectivity index is 2.08. The first-order valence-corrected chi connectivity index (χ1v) is 5.01. The molecule has 1 aromatic heterocycles. The van der Waals surface area contributed by atoms with Crippen LogP contribution in [0.5, 0.6) is 5.75 Å². The van der Waals surface area contributed by atoms with E-state index < -0.39 is 0 Å². The molecular formula is C12H11N3O2. The minimum atomic E-state index is -0.289. The lowest BCUT2D eigenvalue weighted by Gasteiger charge is -2.05. The van der Waals surface area contributed by atoms with Gasteiger partial charge in [-0.2, -0.15) is 0 Å². The van der Waals surface area contributed by atoms with E-state index in [0.29, 0.717) is 5.69 Å². The highest BCUT2D eigenvalue weighted by Crippen LogP contribution is 2.15. The van der Waals surface area contributed by atoms with Crippen LogP contribution in [-0.2, 0) is 0 Å². The molecule has 0 bridgehead atoms. The van der Waals surface area contributed by atoms with E-state index in [1.54, 1.807) is 31.4 Å². The van der Waals surface area contributed by atoms with E-state index in [-0.39, 0.29) is 11.6 Å². The second kappa shape index (κ2) is 5.07. The molecule has 0 unspecified atom stereocenters. The van der Waals surface area contributed by atoms with Gasteiger partial charge in [0.15, 0.2) is 0 Å². The summed E-state index contributed by atoms with van der Waals surface area (Å²) in [4.78, 5) is 19.5. The Labute approximate surface area is 98.5 Å². The fourth-order valence-corrected chi connectivity index (χ4v) is 1.29. The first-order valence-electron chi connectivity index (χ1n) is 5.01. The molecule has 0 saturated carbocycles. The largest absolute Gasteiger partial charge is 0.497 e. The Morgan fingerprint density at radius 1 is 1.24 bits per heavy atom. The van der Waals surface area contributed by atoms with Gasteiger partial charge in [-0.05, 0) is 24.3 Å². The Bertz CT molecular complexity index is 497. The average molecular weight is 229 g/mol. The van der Waals surface area contributed by atoms with Crippen LogP contribution < -0.4 is 10.1 Å². The molecule has 0 fully saturated rings. The second-order valence-corrected chi connectivity index (χ2v) is 3.27. The van der Waals surface area contributed by atoms with Crippen molar-refractivity contribution in [1.82, 2.24) is 9.97 Å². The molecule has 1 amide bonds. The summed E-state index contributed by atoms with van der Waals surface area (Å²) in [6.45, 7) is 0. The highest BCUT2D eigenvalue weighted by atomic mass is 16.5. The zero-order valence-electron chi connectivity index (χ0n) is 9.25. The second-order valence-electron chi connectivity index (χ2n) is 3.27. The van der Waals surface area contributed by atoms with E-state index in [2.05, 4.69) is 15.3 Å². The van der Waals surface area contributed by atoms with Crippen molar-refractivity contribution in [2.75, 3.05) is 12.4 Å². The van der Waals surface area contributed by atoms with Gasteiger partial charge in [-0.1, -0.05) is 0 Å². The summed E-state index contributed by atoms with van der Waals surface area (Å²) in [5, 5.41) is 2.71. The van der Waals surface area contributed by atoms with Crippen LogP contribution in [0.25, 0.3) is 0 Å². The van der Waals surface area contributed by atoms with Gasteiger partial charge in [0.05, 0.1) is 13.3 Å². The molecular weight excluding hydrogens is 218 g/mol. The van der Waals surface area contributed by atoms with Crippen molar-refractivity contribution in [2.45, 2.75) is 0 Å². The summed E-state index contributed by atoms with van der Waals surface area (Å²) in [5.74, 6) is 0.450. The number of anilines is 1. The standard InChI is InChI=1S/C12H11N3O2/c1-17-10-4-2-9(3-5-10)15-12(16)11-8-13-6-7-14-11/h2-8H,1H3,(H,15,16). The molecule has 0 spiro atoms. The lowest BCUT2D eigenvalue weighted by atomic mass is 10.3. The summed E-state index contributed by atoms with van der Waals surface area (Å²) < 4.78 is 5.02. The number of hydrogen-bond donors (Lipinski definition) is 1. The third-order valence-corrected chi connectivity index (χ3v) is 2.14. The van der Waals surface area contributed by atoms with E-state index >= 15 is 0 Å². The first kappa shape index (κ1) is 11.1. The van der Waals surface area contributed by atoms with Crippen molar-refractivity contribution < 1.29 is 9.53 Å². The predicted molar refractivity (Wildman–Crippen MR) is 63.0 cm³/mol. The number of aromatic nitrogens is 2. The first-order chi connectivity index (χ1) is 8.29. The minimum Gasteiger partial charge on any atom is -0.497 e. The highest BCUT2D eigenvalue weighted by molar-refractivity contribution is 6.02. The van der Waals surface area contributed by atoms with Crippen molar-refractivity contribution >= 4 is 11.6 Å². The topological polar surface area (TPSA) is 64.1 Å². The molecule has 0 radical (unpaired) electrons. The van der Waals surface area contributed by atoms with Gasteiger partial charge in [-0.15, -0.1) is 0 Å². The van der Waals surface area contributed by atoms with Crippen LogP contribution in [0, 0.1) is 0 Å². The van der Waals surface area contributed by atoms with Gasteiger partial charge in [-0.25, -0.2) is 4.98 Å². The number of hydrogen-bond acceptors (Lipinski definition) is 4. The quantitative estimate of drug-likeness (QED) is 0.870. The number of methoxy groups -OCH3 is 1. The number of nitrogens with zero attached hydrogens (tertiary/aromatic N) is 2. The van der Waals surface area contributed by atoms with Crippen molar-refractivity contribution in [3.63, 3.8) is 0 Å². The number of carbonyl (C=O) groups excluding carboxylic acids is 1. The highest BCUT2D eigenvalue weighted by Gasteiger charge is 2.06. The number of benzene rings is 1. The van der Waals surface area contributed by atoms with Crippen molar-refractivity contribution in [3.8, 4) is 5.75 Å². The third kappa shape index (κ3) is 2.78. The van der Waals surface area contributed by atoms with Crippen LogP contribution in [0.1, 0.15) is 10.5 Å². The van der Waals surface area contributed by atoms with Crippen LogP contribution in [0.2, 0.25) is 0 Å². The molecule has 0 aliphatic heterocycles. The molecule has 1 aromatic carbocycles. The molecule has 86 valence electrons. The van der Waals surface area contributed by atoms with Crippen LogP contribution in [-0.4, -0.2) is 23.0 Å². The van der Waals surface area contributed by atoms with E-state index in [9.17, 15) is 4.79 Å². The SMILES string of the molecule is COc1ccc(NC(=O)c2cnccn2)cc1. The van der Waals surface area contributed by atoms with Crippen LogP contribution in [0.4, 0.5) is 5.69 Å². The number of rotatable bonds is 3. The minimum absolute atomic E-state index is 0.281. The lowest BCUT2D eigenvalue weighted by molar-refractivity contribution is 0.102. The van der Waals surface area contributed by atoms with Gasteiger partial charge < -0.3 is 10.1 Å². The summed E-state index contributed by atoms with van der Waals surface area (Å²) in [7, 11) is 1.59. The molecule has 1 heterocycles. The van der Waals surface area contributed by atoms with Gasteiger partial charge in [0.25, 0.3) is 5.91 Å². The lowest BCUT2D eigenvalue weighted by Crippen LogP contribution is -2.13. The smallest absolute Gasteiger partial charge is 0.275 e. The summed E-state index contributed by atoms with van der Waals surface area (Å²) in [6.07, 6.45) is 4.41. The van der Waals surface area contributed by atoms with E-state index in [1.165, 1.54) is 18.6 Å². The number of amides is 1. The van der Waals surface area contributed by atoms with E-state index in [1.807, 2.05) is 0 Å². The normalized spacial score (nSPS) is 9.71. The maximum absolute atomic E-state index is 11.7. The maximum atomic E-state index is 11.7. The van der Waals surface area contributed by atoms with Crippen LogP contribution >= 0.6 is 0 Å². The Hall–Kier alpha value is -2.43. The molecule has 5 nitrogen and oxygen atoms in total. The fraction of sp³-hybridized carbons (Fsp3) is 0.0833. The average Bonchev–Trinajstić information content (AvgIpc) is 2.40. The van der Waals surface area contributed by atoms with E-state index in [4.69, 9.17) is 4.74 Å². The number of nitrogens with one attached hydrogen (secondary N) is 1. The Morgan fingerprint density at radius 2 is 2.00 bits per heavy atom.